The number of nitrogens with one attached hydrogen (secondary N) is 1. The van der Waals surface area contributed by atoms with Gasteiger partial charge in [-0.3, -0.25) is 5.10 Å². The minimum Gasteiger partial charge on any atom is -0.285 e. The second-order valence-corrected chi connectivity index (χ2v) is 5.08. The van der Waals surface area contributed by atoms with Crippen LogP contribution in [0.15, 0.2) is 30.6 Å². The number of fused-ring (bicyclic) bond motifs is 3. The molecule has 0 bridgehead atoms. The number of rotatable bonds is 1. The van der Waals surface area contributed by atoms with Crippen LogP contribution in [0.3, 0.4) is 0 Å². The van der Waals surface area contributed by atoms with E-state index in [0.29, 0.717) is 5.56 Å². The topological polar surface area (TPSA) is 71.8 Å². The van der Waals surface area contributed by atoms with Gasteiger partial charge >= 0.3 is 6.18 Å². The van der Waals surface area contributed by atoms with Crippen LogP contribution in [-0.2, 0) is 6.18 Å². The van der Waals surface area contributed by atoms with Gasteiger partial charge in [-0.2, -0.15) is 22.8 Å². The molecule has 4 rings (SSSR count). The second kappa shape index (κ2) is 4.66. The van der Waals surface area contributed by atoms with Crippen molar-refractivity contribution in [3.63, 3.8) is 0 Å². The normalized spacial score (nSPS) is 12.3. The number of H-pyrrole nitrogens is 1. The standard InChI is InChI=1S/C13H6ClF3N6/c14-12-20-9-7(2-1-3-8(9)13(15,16)17)11-21-10(22-23(11)12)6-4-18-19-5-6/h1-5H,(H,18,19). The Morgan fingerprint density at radius 2 is 2.00 bits per heavy atom. The quantitative estimate of drug-likeness (QED) is 0.540. The van der Waals surface area contributed by atoms with Crippen LogP contribution in [0.2, 0.25) is 5.28 Å². The van der Waals surface area contributed by atoms with Gasteiger partial charge in [-0.05, 0) is 23.7 Å². The molecule has 1 N–H and O–H groups in total. The molecule has 0 aliphatic rings. The number of hydrogen-bond donors (Lipinski definition) is 1. The highest BCUT2D eigenvalue weighted by molar-refractivity contribution is 6.29. The first-order valence-corrected chi connectivity index (χ1v) is 6.74. The highest BCUT2D eigenvalue weighted by Gasteiger charge is 2.34. The minimum absolute atomic E-state index is 0.197. The van der Waals surface area contributed by atoms with Crippen molar-refractivity contribution in [2.45, 2.75) is 6.18 Å². The maximum atomic E-state index is 13.1. The number of para-hydroxylation sites is 1. The molecule has 0 amide bonds. The SMILES string of the molecule is FC(F)(F)c1cccc2c1nc(Cl)n1nc(-c3cn[nH]c3)nc21. The van der Waals surface area contributed by atoms with Crippen molar-refractivity contribution in [3.05, 3.63) is 41.4 Å². The van der Waals surface area contributed by atoms with Gasteiger partial charge in [0.1, 0.15) is 0 Å². The van der Waals surface area contributed by atoms with Crippen LogP contribution in [0.4, 0.5) is 13.2 Å². The van der Waals surface area contributed by atoms with Crippen LogP contribution in [0.5, 0.6) is 0 Å². The van der Waals surface area contributed by atoms with Gasteiger partial charge in [-0.15, -0.1) is 5.10 Å². The number of alkyl halides is 3. The summed E-state index contributed by atoms with van der Waals surface area (Å²) in [6, 6.07) is 3.75. The average Bonchev–Trinajstić information content (AvgIpc) is 3.15. The molecule has 0 atom stereocenters. The molecule has 6 nitrogen and oxygen atoms in total. The fraction of sp³-hybridized carbons (Fsp3) is 0.0769. The Bertz CT molecular complexity index is 1020. The van der Waals surface area contributed by atoms with Crippen LogP contribution >= 0.6 is 11.6 Å². The maximum absolute atomic E-state index is 13.1. The number of halogens is 4. The Kier molecular flexibility index (Phi) is 2.82. The third-order valence-electron chi connectivity index (χ3n) is 3.32. The zero-order valence-electron chi connectivity index (χ0n) is 11.1. The fourth-order valence-electron chi connectivity index (χ4n) is 2.32. The van der Waals surface area contributed by atoms with E-state index < -0.39 is 11.7 Å². The third kappa shape index (κ3) is 2.12. The molecule has 23 heavy (non-hydrogen) atoms. The lowest BCUT2D eigenvalue weighted by atomic mass is 10.1. The molecule has 10 heteroatoms. The molecule has 116 valence electrons. The third-order valence-corrected chi connectivity index (χ3v) is 3.57. The molecule has 3 heterocycles. The van der Waals surface area contributed by atoms with Gasteiger partial charge in [0, 0.05) is 11.6 Å². The molecule has 4 aromatic rings. The van der Waals surface area contributed by atoms with Crippen molar-refractivity contribution in [2.75, 3.05) is 0 Å². The van der Waals surface area contributed by atoms with Crippen molar-refractivity contribution in [1.82, 2.24) is 29.8 Å². The summed E-state index contributed by atoms with van der Waals surface area (Å²) in [4.78, 5) is 8.11. The fourth-order valence-corrected chi connectivity index (χ4v) is 2.53. The first-order chi connectivity index (χ1) is 10.9. The number of nitrogens with zero attached hydrogens (tertiary/aromatic N) is 5. The molecule has 0 fully saturated rings. The van der Waals surface area contributed by atoms with Gasteiger partial charge in [0.15, 0.2) is 11.5 Å². The number of aromatic amines is 1. The summed E-state index contributed by atoms with van der Waals surface area (Å²) >= 11 is 5.99. The number of aromatic nitrogens is 6. The lowest BCUT2D eigenvalue weighted by molar-refractivity contribution is -0.136. The van der Waals surface area contributed by atoms with Crippen molar-refractivity contribution >= 4 is 28.2 Å². The smallest absolute Gasteiger partial charge is 0.285 e. The first-order valence-electron chi connectivity index (χ1n) is 6.36. The Morgan fingerprint density at radius 1 is 1.17 bits per heavy atom. The predicted molar refractivity (Wildman–Crippen MR) is 75.9 cm³/mol. The molecule has 0 radical (unpaired) electrons. The summed E-state index contributed by atoms with van der Waals surface area (Å²) < 4.78 is 40.6. The van der Waals surface area contributed by atoms with Crippen molar-refractivity contribution in [2.24, 2.45) is 0 Å². The van der Waals surface area contributed by atoms with Crippen molar-refractivity contribution in [3.8, 4) is 11.4 Å². The van der Waals surface area contributed by atoms with E-state index in [1.807, 2.05) is 0 Å². The molecule has 0 unspecified atom stereocenters. The molecular formula is C13H6ClF3N6. The first kappa shape index (κ1) is 13.9. The number of benzene rings is 1. The number of hydrogen-bond acceptors (Lipinski definition) is 4. The molecule has 0 aliphatic heterocycles. The minimum atomic E-state index is -4.54. The average molecular weight is 339 g/mol. The second-order valence-electron chi connectivity index (χ2n) is 4.74. The summed E-state index contributed by atoms with van der Waals surface area (Å²) in [6.07, 6.45) is -1.47. The van der Waals surface area contributed by atoms with Crippen LogP contribution in [-0.4, -0.2) is 29.8 Å². The van der Waals surface area contributed by atoms with E-state index in [1.54, 1.807) is 6.20 Å². The monoisotopic (exact) mass is 338 g/mol. The van der Waals surface area contributed by atoms with Crippen molar-refractivity contribution in [1.29, 1.82) is 0 Å². The molecule has 0 saturated carbocycles. The van der Waals surface area contributed by atoms with Crippen LogP contribution < -0.4 is 0 Å². The summed E-state index contributed by atoms with van der Waals surface area (Å²) in [5, 5.41) is 10.6. The lowest BCUT2D eigenvalue weighted by Crippen LogP contribution is -2.07. The van der Waals surface area contributed by atoms with E-state index >= 15 is 0 Å². The van der Waals surface area contributed by atoms with Gasteiger partial charge in [0.2, 0.25) is 5.28 Å². The Balaban J connectivity index is 2.09. The predicted octanol–water partition coefficient (Wildman–Crippen LogP) is 3.34. The van der Waals surface area contributed by atoms with E-state index in [-0.39, 0.29) is 27.7 Å². The van der Waals surface area contributed by atoms with E-state index in [0.717, 1.165) is 6.07 Å². The Labute approximate surface area is 130 Å². The Morgan fingerprint density at radius 3 is 2.70 bits per heavy atom. The zero-order chi connectivity index (χ0) is 16.2. The molecule has 0 aliphatic carbocycles. The summed E-state index contributed by atoms with van der Waals surface area (Å²) in [6.45, 7) is 0. The van der Waals surface area contributed by atoms with Crippen LogP contribution in [0.25, 0.3) is 27.9 Å². The lowest BCUT2D eigenvalue weighted by Gasteiger charge is -2.10. The maximum Gasteiger partial charge on any atom is 0.418 e. The largest absolute Gasteiger partial charge is 0.418 e. The summed E-state index contributed by atoms with van der Waals surface area (Å²) in [5.74, 6) is 0.285. The molecular weight excluding hydrogens is 333 g/mol. The summed E-state index contributed by atoms with van der Waals surface area (Å²) in [7, 11) is 0. The highest BCUT2D eigenvalue weighted by Crippen LogP contribution is 2.35. The van der Waals surface area contributed by atoms with Crippen LogP contribution in [0.1, 0.15) is 5.56 Å². The summed E-state index contributed by atoms with van der Waals surface area (Å²) in [5.41, 5.74) is -0.344. The van der Waals surface area contributed by atoms with E-state index in [2.05, 4.69) is 25.3 Å². The molecule has 1 aromatic carbocycles. The molecule has 0 saturated heterocycles. The van der Waals surface area contributed by atoms with Gasteiger partial charge < -0.3 is 0 Å². The Hall–Kier alpha value is -2.68. The van der Waals surface area contributed by atoms with Crippen LogP contribution in [0, 0.1) is 0 Å². The zero-order valence-corrected chi connectivity index (χ0v) is 11.9. The highest BCUT2D eigenvalue weighted by atomic mass is 35.5. The van der Waals surface area contributed by atoms with E-state index in [1.165, 1.54) is 22.8 Å². The van der Waals surface area contributed by atoms with Gasteiger partial charge in [0.25, 0.3) is 0 Å². The molecule has 3 aromatic heterocycles. The van der Waals surface area contributed by atoms with E-state index in [4.69, 9.17) is 11.6 Å². The van der Waals surface area contributed by atoms with Gasteiger partial charge in [-0.1, -0.05) is 6.07 Å². The van der Waals surface area contributed by atoms with Crippen molar-refractivity contribution < 1.29 is 13.2 Å². The van der Waals surface area contributed by atoms with Gasteiger partial charge in [-0.25, -0.2) is 9.97 Å². The van der Waals surface area contributed by atoms with Gasteiger partial charge in [0.05, 0.1) is 22.8 Å². The van der Waals surface area contributed by atoms with E-state index in [9.17, 15) is 13.2 Å². The molecule has 0 spiro atoms.